The van der Waals surface area contributed by atoms with E-state index in [2.05, 4.69) is 15.5 Å². The topological polar surface area (TPSA) is 93.8 Å². The van der Waals surface area contributed by atoms with Gasteiger partial charge < -0.3 is 9.15 Å². The Kier molecular flexibility index (Phi) is 4.96. The number of pyridine rings is 1. The quantitative estimate of drug-likeness (QED) is 0.335. The molecule has 1 aromatic carbocycles. The van der Waals surface area contributed by atoms with Crippen LogP contribution in [0.1, 0.15) is 26.5 Å². The van der Waals surface area contributed by atoms with Crippen LogP contribution in [0.3, 0.4) is 0 Å². The molecule has 3 aromatic rings. The van der Waals surface area contributed by atoms with E-state index in [4.69, 9.17) is 9.15 Å². The minimum atomic E-state index is -0.574. The smallest absolute Gasteiger partial charge is 0.379 e. The van der Waals surface area contributed by atoms with Crippen molar-refractivity contribution >= 4 is 18.1 Å². The van der Waals surface area contributed by atoms with Gasteiger partial charge in [-0.1, -0.05) is 0 Å². The zero-order valence-corrected chi connectivity index (χ0v) is 13.0. The molecule has 7 heteroatoms. The summed E-state index contributed by atoms with van der Waals surface area (Å²) in [5, 5.41) is 3.87. The SMILES string of the molecule is O=C(N/N=C/c1ccc(OC(=O)c2ccco2)cc1)c1cccnc1. The zero-order chi connectivity index (χ0) is 17.5. The molecule has 0 bridgehead atoms. The Morgan fingerprint density at radius 2 is 1.96 bits per heavy atom. The second-order valence-electron chi connectivity index (χ2n) is 4.88. The number of carbonyl (C=O) groups is 2. The highest BCUT2D eigenvalue weighted by molar-refractivity contribution is 5.94. The molecular formula is C18H13N3O4. The van der Waals surface area contributed by atoms with E-state index in [1.807, 2.05) is 0 Å². The molecule has 124 valence electrons. The second kappa shape index (κ2) is 7.69. The van der Waals surface area contributed by atoms with Crippen LogP contribution in [0.5, 0.6) is 5.75 Å². The van der Waals surface area contributed by atoms with Crippen LogP contribution in [0.4, 0.5) is 0 Å². The molecule has 2 aromatic heterocycles. The molecule has 1 amide bonds. The monoisotopic (exact) mass is 335 g/mol. The van der Waals surface area contributed by atoms with Gasteiger partial charge in [0, 0.05) is 12.4 Å². The van der Waals surface area contributed by atoms with Gasteiger partial charge in [0.05, 0.1) is 18.0 Å². The standard InChI is InChI=1S/C18H13N3O4/c22-17(14-3-1-9-19-12-14)21-20-11-13-5-7-15(8-6-13)25-18(23)16-4-2-10-24-16/h1-12H,(H,21,22)/b20-11+. The number of ether oxygens (including phenoxy) is 1. The lowest BCUT2D eigenvalue weighted by Crippen LogP contribution is -2.17. The van der Waals surface area contributed by atoms with Gasteiger partial charge in [0.2, 0.25) is 5.76 Å². The molecule has 0 aliphatic rings. The van der Waals surface area contributed by atoms with Crippen molar-refractivity contribution in [1.82, 2.24) is 10.4 Å². The van der Waals surface area contributed by atoms with Crippen molar-refractivity contribution in [3.05, 3.63) is 84.1 Å². The Morgan fingerprint density at radius 3 is 2.64 bits per heavy atom. The highest BCUT2D eigenvalue weighted by atomic mass is 16.5. The summed E-state index contributed by atoms with van der Waals surface area (Å²) >= 11 is 0. The molecule has 0 fully saturated rings. The fourth-order valence-corrected chi connectivity index (χ4v) is 1.90. The second-order valence-corrected chi connectivity index (χ2v) is 4.88. The van der Waals surface area contributed by atoms with Gasteiger partial charge in [-0.05, 0) is 54.1 Å². The number of nitrogens with zero attached hydrogens (tertiary/aromatic N) is 2. The number of carbonyl (C=O) groups excluding carboxylic acids is 2. The van der Waals surface area contributed by atoms with Gasteiger partial charge in [0.1, 0.15) is 5.75 Å². The fourth-order valence-electron chi connectivity index (χ4n) is 1.90. The first-order chi connectivity index (χ1) is 12.2. The number of aromatic nitrogens is 1. The maximum absolute atomic E-state index is 11.8. The Morgan fingerprint density at radius 1 is 1.12 bits per heavy atom. The largest absolute Gasteiger partial charge is 0.457 e. The highest BCUT2D eigenvalue weighted by Crippen LogP contribution is 2.13. The predicted octanol–water partition coefficient (Wildman–Crippen LogP) is 2.66. The van der Waals surface area contributed by atoms with Crippen LogP contribution in [-0.2, 0) is 0 Å². The van der Waals surface area contributed by atoms with Crippen LogP contribution in [0.15, 0.2) is 76.7 Å². The number of hydrazone groups is 1. The summed E-state index contributed by atoms with van der Waals surface area (Å²) in [5.74, 6) is -0.426. The van der Waals surface area contributed by atoms with Crippen molar-refractivity contribution in [3.63, 3.8) is 0 Å². The summed E-state index contributed by atoms with van der Waals surface area (Å²) in [5.41, 5.74) is 3.55. The van der Waals surface area contributed by atoms with Crippen LogP contribution in [0.25, 0.3) is 0 Å². The molecule has 0 saturated heterocycles. The number of hydrogen-bond donors (Lipinski definition) is 1. The van der Waals surface area contributed by atoms with Crippen molar-refractivity contribution in [1.29, 1.82) is 0 Å². The Labute approximate surface area is 143 Å². The van der Waals surface area contributed by atoms with Crippen LogP contribution < -0.4 is 10.2 Å². The molecule has 2 heterocycles. The summed E-state index contributed by atoms with van der Waals surface area (Å²) in [6.07, 6.45) is 5.91. The average molecular weight is 335 g/mol. The first-order valence-corrected chi connectivity index (χ1v) is 7.31. The van der Waals surface area contributed by atoms with E-state index in [1.54, 1.807) is 48.7 Å². The van der Waals surface area contributed by atoms with Crippen molar-refractivity contribution in [2.75, 3.05) is 0 Å². The van der Waals surface area contributed by atoms with E-state index in [0.29, 0.717) is 11.3 Å². The highest BCUT2D eigenvalue weighted by Gasteiger charge is 2.10. The van der Waals surface area contributed by atoms with Crippen LogP contribution in [0.2, 0.25) is 0 Å². The van der Waals surface area contributed by atoms with Gasteiger partial charge in [-0.3, -0.25) is 9.78 Å². The number of hydrogen-bond acceptors (Lipinski definition) is 6. The number of esters is 1. The summed E-state index contributed by atoms with van der Waals surface area (Å²) in [6.45, 7) is 0. The number of nitrogens with one attached hydrogen (secondary N) is 1. The molecular weight excluding hydrogens is 322 g/mol. The van der Waals surface area contributed by atoms with E-state index in [9.17, 15) is 9.59 Å². The van der Waals surface area contributed by atoms with Gasteiger partial charge in [-0.15, -0.1) is 0 Å². The third kappa shape index (κ3) is 4.38. The zero-order valence-electron chi connectivity index (χ0n) is 13.0. The summed E-state index contributed by atoms with van der Waals surface area (Å²) in [6, 6.07) is 13.1. The molecule has 0 radical (unpaired) electrons. The van der Waals surface area contributed by atoms with Crippen LogP contribution in [0, 0.1) is 0 Å². The molecule has 7 nitrogen and oxygen atoms in total. The molecule has 0 saturated carbocycles. The van der Waals surface area contributed by atoms with Crippen molar-refractivity contribution < 1.29 is 18.7 Å². The lowest BCUT2D eigenvalue weighted by Gasteiger charge is -2.02. The van der Waals surface area contributed by atoms with Crippen LogP contribution >= 0.6 is 0 Å². The van der Waals surface area contributed by atoms with Crippen molar-refractivity contribution in [2.24, 2.45) is 5.10 Å². The molecule has 0 aliphatic heterocycles. The minimum Gasteiger partial charge on any atom is -0.457 e. The maximum atomic E-state index is 11.8. The van der Waals surface area contributed by atoms with E-state index >= 15 is 0 Å². The van der Waals surface area contributed by atoms with E-state index < -0.39 is 5.97 Å². The molecule has 0 atom stereocenters. The van der Waals surface area contributed by atoms with Gasteiger partial charge >= 0.3 is 5.97 Å². The van der Waals surface area contributed by atoms with E-state index in [-0.39, 0.29) is 11.7 Å². The first kappa shape index (κ1) is 16.1. The maximum Gasteiger partial charge on any atom is 0.379 e. The summed E-state index contributed by atoms with van der Waals surface area (Å²) < 4.78 is 10.1. The molecule has 25 heavy (non-hydrogen) atoms. The number of benzene rings is 1. The molecule has 1 N–H and O–H groups in total. The van der Waals surface area contributed by atoms with Gasteiger partial charge in [0.25, 0.3) is 5.91 Å². The van der Waals surface area contributed by atoms with Crippen molar-refractivity contribution in [2.45, 2.75) is 0 Å². The third-order valence-corrected chi connectivity index (χ3v) is 3.12. The molecule has 0 aliphatic carbocycles. The molecule has 3 rings (SSSR count). The first-order valence-electron chi connectivity index (χ1n) is 7.31. The Balaban J connectivity index is 1.55. The van der Waals surface area contributed by atoms with Gasteiger partial charge in [0.15, 0.2) is 0 Å². The van der Waals surface area contributed by atoms with Crippen LogP contribution in [-0.4, -0.2) is 23.1 Å². The van der Waals surface area contributed by atoms with Crippen molar-refractivity contribution in [3.8, 4) is 5.75 Å². The summed E-state index contributed by atoms with van der Waals surface area (Å²) in [4.78, 5) is 27.4. The summed E-state index contributed by atoms with van der Waals surface area (Å²) in [7, 11) is 0. The van der Waals surface area contributed by atoms with E-state index in [1.165, 1.54) is 24.7 Å². The number of amides is 1. The number of furan rings is 1. The number of rotatable bonds is 5. The predicted molar refractivity (Wildman–Crippen MR) is 89.4 cm³/mol. The third-order valence-electron chi connectivity index (χ3n) is 3.12. The van der Waals surface area contributed by atoms with Gasteiger partial charge in [-0.2, -0.15) is 5.10 Å². The Hall–Kier alpha value is -3.74. The lowest BCUT2D eigenvalue weighted by molar-refractivity contribution is 0.0701. The molecule has 0 unspecified atom stereocenters. The normalized spacial score (nSPS) is 10.6. The lowest BCUT2D eigenvalue weighted by atomic mass is 10.2. The minimum absolute atomic E-state index is 0.128. The van der Waals surface area contributed by atoms with E-state index in [0.717, 1.165) is 5.56 Å². The van der Waals surface area contributed by atoms with Gasteiger partial charge in [-0.25, -0.2) is 10.2 Å². The average Bonchev–Trinajstić information content (AvgIpc) is 3.19. The fraction of sp³-hybridized carbons (Fsp3) is 0. The Bertz CT molecular complexity index is 872. The molecule has 0 spiro atoms.